The van der Waals surface area contributed by atoms with E-state index in [-0.39, 0.29) is 12.2 Å². The van der Waals surface area contributed by atoms with Crippen molar-refractivity contribution in [1.82, 2.24) is 4.90 Å². The fourth-order valence-electron chi connectivity index (χ4n) is 2.03. The van der Waals surface area contributed by atoms with Crippen molar-refractivity contribution in [3.8, 4) is 5.75 Å². The Kier molecular flexibility index (Phi) is 3.79. The number of carbonyl (C=O) groups excluding carboxylic acids is 1. The minimum absolute atomic E-state index is 0.00344. The maximum absolute atomic E-state index is 11.8. The minimum atomic E-state index is -0.464. The number of ether oxygens (including phenoxy) is 2. The van der Waals surface area contributed by atoms with Crippen LogP contribution < -0.4 is 10.5 Å². The van der Waals surface area contributed by atoms with Crippen LogP contribution in [0.2, 0.25) is 0 Å². The van der Waals surface area contributed by atoms with E-state index < -0.39 is 5.60 Å². The van der Waals surface area contributed by atoms with Crippen LogP contribution in [-0.2, 0) is 4.74 Å². The molecule has 1 aliphatic rings. The fraction of sp³-hybridized carbons (Fsp3) is 0.533. The Balaban J connectivity index is 1.83. The van der Waals surface area contributed by atoms with E-state index in [9.17, 15) is 4.79 Å². The van der Waals surface area contributed by atoms with Gasteiger partial charge in [0.2, 0.25) is 0 Å². The number of benzene rings is 1. The summed E-state index contributed by atoms with van der Waals surface area (Å²) < 4.78 is 11.1. The average molecular weight is 278 g/mol. The van der Waals surface area contributed by atoms with Crippen LogP contribution in [0.15, 0.2) is 18.2 Å². The number of likely N-dealkylation sites (tertiary alicyclic amines) is 1. The average Bonchev–Trinajstić information content (AvgIpc) is 2.18. The highest BCUT2D eigenvalue weighted by Gasteiger charge is 2.35. The molecular formula is C15H22N2O3. The molecule has 0 spiro atoms. The molecular weight excluding hydrogens is 256 g/mol. The first kappa shape index (κ1) is 14.5. The third-order valence-electron chi connectivity index (χ3n) is 2.88. The van der Waals surface area contributed by atoms with E-state index in [0.717, 1.165) is 11.3 Å². The zero-order valence-corrected chi connectivity index (χ0v) is 12.5. The number of hydrogen-bond donors (Lipinski definition) is 1. The van der Waals surface area contributed by atoms with Gasteiger partial charge in [-0.15, -0.1) is 0 Å². The van der Waals surface area contributed by atoms with Crippen molar-refractivity contribution < 1.29 is 14.3 Å². The van der Waals surface area contributed by atoms with Gasteiger partial charge >= 0.3 is 6.09 Å². The summed E-state index contributed by atoms with van der Waals surface area (Å²) in [5.41, 5.74) is 7.05. The molecule has 0 aromatic heterocycles. The van der Waals surface area contributed by atoms with Gasteiger partial charge in [-0.05, 0) is 45.4 Å². The van der Waals surface area contributed by atoms with Crippen LogP contribution in [0.5, 0.6) is 5.75 Å². The molecule has 0 atom stereocenters. The Morgan fingerprint density at radius 3 is 2.50 bits per heavy atom. The third kappa shape index (κ3) is 3.79. The van der Waals surface area contributed by atoms with Gasteiger partial charge in [0.1, 0.15) is 17.5 Å². The molecule has 5 heteroatoms. The summed E-state index contributed by atoms with van der Waals surface area (Å²) in [6.45, 7) is 8.62. The second-order valence-electron chi connectivity index (χ2n) is 6.20. The number of nitrogen functional groups attached to an aromatic ring is 1. The normalized spacial score (nSPS) is 15.7. The SMILES string of the molecule is Cc1cc(N)cc(OC2CN(C(=O)OC(C)(C)C)C2)c1. The monoisotopic (exact) mass is 278 g/mol. The zero-order chi connectivity index (χ0) is 14.9. The van der Waals surface area contributed by atoms with E-state index in [4.69, 9.17) is 15.2 Å². The number of nitrogens with zero attached hydrogens (tertiary/aromatic N) is 1. The van der Waals surface area contributed by atoms with Gasteiger partial charge in [0.15, 0.2) is 0 Å². The standard InChI is InChI=1S/C15H22N2O3/c1-10-5-11(16)7-12(6-10)19-13-8-17(9-13)14(18)20-15(2,3)4/h5-7,13H,8-9,16H2,1-4H3. The van der Waals surface area contributed by atoms with E-state index in [0.29, 0.717) is 18.8 Å². The summed E-state index contributed by atoms with van der Waals surface area (Å²) >= 11 is 0. The molecule has 1 fully saturated rings. The van der Waals surface area contributed by atoms with Crippen LogP contribution in [0.3, 0.4) is 0 Å². The van der Waals surface area contributed by atoms with E-state index in [1.54, 1.807) is 11.0 Å². The molecule has 5 nitrogen and oxygen atoms in total. The van der Waals surface area contributed by atoms with E-state index in [1.165, 1.54) is 0 Å². The number of nitrogens with two attached hydrogens (primary N) is 1. The van der Waals surface area contributed by atoms with Crippen LogP contribution in [0.25, 0.3) is 0 Å². The van der Waals surface area contributed by atoms with Crippen LogP contribution in [0.4, 0.5) is 10.5 Å². The molecule has 1 aromatic rings. The molecule has 2 rings (SSSR count). The smallest absolute Gasteiger partial charge is 0.410 e. The first-order valence-electron chi connectivity index (χ1n) is 6.75. The lowest BCUT2D eigenvalue weighted by Crippen LogP contribution is -2.57. The van der Waals surface area contributed by atoms with E-state index >= 15 is 0 Å². The fourth-order valence-corrected chi connectivity index (χ4v) is 2.03. The third-order valence-corrected chi connectivity index (χ3v) is 2.88. The molecule has 110 valence electrons. The lowest BCUT2D eigenvalue weighted by atomic mass is 10.1. The first-order chi connectivity index (χ1) is 9.23. The number of amides is 1. The predicted octanol–water partition coefficient (Wildman–Crippen LogP) is 2.58. The van der Waals surface area contributed by atoms with Gasteiger partial charge in [-0.2, -0.15) is 0 Å². The molecule has 0 bridgehead atoms. The topological polar surface area (TPSA) is 64.8 Å². The van der Waals surface area contributed by atoms with Crippen LogP contribution in [0, 0.1) is 6.92 Å². The first-order valence-corrected chi connectivity index (χ1v) is 6.75. The maximum Gasteiger partial charge on any atom is 0.410 e. The largest absolute Gasteiger partial charge is 0.487 e. The maximum atomic E-state index is 11.8. The zero-order valence-electron chi connectivity index (χ0n) is 12.5. The van der Waals surface area contributed by atoms with Crippen molar-refractivity contribution in [3.05, 3.63) is 23.8 Å². The number of anilines is 1. The minimum Gasteiger partial charge on any atom is -0.487 e. The van der Waals surface area contributed by atoms with Crippen molar-refractivity contribution in [2.24, 2.45) is 0 Å². The summed E-state index contributed by atoms with van der Waals surface area (Å²) in [6.07, 6.45) is -0.287. The van der Waals surface area contributed by atoms with Gasteiger partial charge in [0, 0.05) is 11.8 Å². The second kappa shape index (κ2) is 5.23. The molecule has 0 radical (unpaired) electrons. The van der Waals surface area contributed by atoms with Crippen molar-refractivity contribution >= 4 is 11.8 Å². The number of carbonyl (C=O) groups is 1. The Hall–Kier alpha value is -1.91. The number of hydrogen-bond acceptors (Lipinski definition) is 4. The van der Waals surface area contributed by atoms with Crippen molar-refractivity contribution in [3.63, 3.8) is 0 Å². The Labute approximate surface area is 119 Å². The molecule has 1 aliphatic heterocycles. The Morgan fingerprint density at radius 1 is 1.30 bits per heavy atom. The highest BCUT2D eigenvalue weighted by Crippen LogP contribution is 2.23. The van der Waals surface area contributed by atoms with Crippen molar-refractivity contribution in [2.45, 2.75) is 39.4 Å². The van der Waals surface area contributed by atoms with E-state index in [2.05, 4.69) is 0 Å². The molecule has 1 aromatic carbocycles. The van der Waals surface area contributed by atoms with Gasteiger partial charge in [0.25, 0.3) is 0 Å². The Bertz CT molecular complexity index is 482. The second-order valence-corrected chi connectivity index (χ2v) is 6.20. The summed E-state index contributed by atoms with van der Waals surface area (Å²) in [5, 5.41) is 0. The molecule has 20 heavy (non-hydrogen) atoms. The van der Waals surface area contributed by atoms with Crippen LogP contribution >= 0.6 is 0 Å². The van der Waals surface area contributed by atoms with Crippen molar-refractivity contribution in [2.75, 3.05) is 18.8 Å². The predicted molar refractivity (Wildman–Crippen MR) is 77.8 cm³/mol. The number of aryl methyl sites for hydroxylation is 1. The molecule has 0 unspecified atom stereocenters. The lowest BCUT2D eigenvalue weighted by Gasteiger charge is -2.39. The molecule has 1 amide bonds. The molecule has 1 saturated heterocycles. The highest BCUT2D eigenvalue weighted by atomic mass is 16.6. The molecule has 2 N–H and O–H groups in total. The Morgan fingerprint density at radius 2 is 1.95 bits per heavy atom. The van der Waals surface area contributed by atoms with Crippen LogP contribution in [0.1, 0.15) is 26.3 Å². The van der Waals surface area contributed by atoms with Crippen molar-refractivity contribution in [1.29, 1.82) is 0 Å². The lowest BCUT2D eigenvalue weighted by molar-refractivity contribution is -0.0221. The van der Waals surface area contributed by atoms with Gasteiger partial charge < -0.3 is 20.1 Å². The van der Waals surface area contributed by atoms with Gasteiger partial charge in [-0.25, -0.2) is 4.79 Å². The summed E-state index contributed by atoms with van der Waals surface area (Å²) in [4.78, 5) is 13.4. The molecule has 0 saturated carbocycles. The molecule has 1 heterocycles. The van der Waals surface area contributed by atoms with Gasteiger partial charge in [-0.3, -0.25) is 0 Å². The van der Waals surface area contributed by atoms with Gasteiger partial charge in [-0.1, -0.05) is 0 Å². The highest BCUT2D eigenvalue weighted by molar-refractivity contribution is 5.69. The van der Waals surface area contributed by atoms with Gasteiger partial charge in [0.05, 0.1) is 13.1 Å². The quantitative estimate of drug-likeness (QED) is 0.844. The molecule has 0 aliphatic carbocycles. The van der Waals surface area contributed by atoms with E-state index in [1.807, 2.05) is 39.8 Å². The van der Waals surface area contributed by atoms with Crippen LogP contribution in [-0.4, -0.2) is 35.8 Å². The summed E-state index contributed by atoms with van der Waals surface area (Å²) in [7, 11) is 0. The number of rotatable bonds is 2. The summed E-state index contributed by atoms with van der Waals surface area (Å²) in [6, 6.07) is 5.62. The summed E-state index contributed by atoms with van der Waals surface area (Å²) in [5.74, 6) is 0.747.